The van der Waals surface area contributed by atoms with E-state index in [9.17, 15) is 13.2 Å². The second-order valence-corrected chi connectivity index (χ2v) is 7.81. The monoisotopic (exact) mass is 362 g/mol. The van der Waals surface area contributed by atoms with Gasteiger partial charge >= 0.3 is 0 Å². The minimum absolute atomic E-state index is 0.00179. The molecule has 1 aliphatic carbocycles. The molecule has 25 heavy (non-hydrogen) atoms. The molecule has 3 rings (SSSR count). The zero-order valence-corrected chi connectivity index (χ0v) is 14.8. The number of aromatic nitrogens is 1. The summed E-state index contributed by atoms with van der Waals surface area (Å²) in [5.41, 5.74) is 0.576. The average Bonchev–Trinajstić information content (AvgIpc) is 3.00. The molecule has 8 heteroatoms. The van der Waals surface area contributed by atoms with Gasteiger partial charge in [-0.05, 0) is 55.9 Å². The van der Waals surface area contributed by atoms with Crippen molar-refractivity contribution in [3.8, 4) is 0 Å². The highest BCUT2D eigenvalue weighted by Crippen LogP contribution is 2.28. The predicted octanol–water partition coefficient (Wildman–Crippen LogP) is 3.90. The third kappa shape index (κ3) is 4.39. The molecular formula is C17H20N3O4S-. The van der Waals surface area contributed by atoms with E-state index in [1.165, 1.54) is 24.6 Å². The highest BCUT2D eigenvalue weighted by atomic mass is 32.2. The number of anilines is 1. The normalized spacial score (nSPS) is 15.7. The Hall–Kier alpha value is -2.35. The Morgan fingerprint density at radius 3 is 2.48 bits per heavy atom. The standard InChI is InChI=1S/C17H21N3O4S/c1-12-11-16(19-24-12)20-25(22,23)15-9-7-14(8-10-15)18-17(21)13-5-3-2-4-6-13/h7-11,13H,2-6H2,1H3,(H2,18,19,20,21)/p-1. The highest BCUT2D eigenvalue weighted by molar-refractivity contribution is 7.94. The summed E-state index contributed by atoms with van der Waals surface area (Å²) in [6, 6.07) is 7.41. The van der Waals surface area contributed by atoms with Gasteiger partial charge < -0.3 is 14.6 Å². The molecular weight excluding hydrogens is 342 g/mol. The molecule has 0 saturated heterocycles. The zero-order chi connectivity index (χ0) is 17.9. The number of carbonyl (C=O) groups is 1. The van der Waals surface area contributed by atoms with E-state index in [1.54, 1.807) is 19.1 Å². The number of nitrogens with zero attached hydrogens (tertiary/aromatic N) is 2. The first-order valence-corrected chi connectivity index (χ1v) is 9.70. The molecule has 7 nitrogen and oxygen atoms in total. The minimum atomic E-state index is -3.88. The number of carbonyl (C=O) groups excluding carboxylic acids is 1. The van der Waals surface area contributed by atoms with E-state index in [0.717, 1.165) is 25.7 Å². The fraction of sp³-hybridized carbons (Fsp3) is 0.412. The van der Waals surface area contributed by atoms with Crippen LogP contribution in [0.3, 0.4) is 0 Å². The lowest BCUT2D eigenvalue weighted by molar-refractivity contribution is -0.120. The summed E-state index contributed by atoms with van der Waals surface area (Å²) in [7, 11) is -3.88. The third-order valence-corrected chi connectivity index (χ3v) is 5.52. The van der Waals surface area contributed by atoms with Gasteiger partial charge in [-0.1, -0.05) is 19.3 Å². The van der Waals surface area contributed by atoms with Gasteiger partial charge in [0.1, 0.15) is 5.76 Å². The molecule has 2 aromatic rings. The van der Waals surface area contributed by atoms with E-state index in [4.69, 9.17) is 4.52 Å². The fourth-order valence-corrected chi connectivity index (χ4v) is 3.81. The van der Waals surface area contributed by atoms with Crippen molar-refractivity contribution < 1.29 is 17.7 Å². The molecule has 0 bridgehead atoms. The van der Waals surface area contributed by atoms with Crippen molar-refractivity contribution in [3.63, 3.8) is 0 Å². The summed E-state index contributed by atoms with van der Waals surface area (Å²) in [5.74, 6) is 0.530. The molecule has 1 saturated carbocycles. The lowest BCUT2D eigenvalue weighted by Gasteiger charge is -2.20. The van der Waals surface area contributed by atoms with E-state index in [2.05, 4.69) is 15.2 Å². The summed E-state index contributed by atoms with van der Waals surface area (Å²) in [5, 5.41) is 6.41. The Labute approximate surface area is 146 Å². The van der Waals surface area contributed by atoms with Gasteiger partial charge in [0.05, 0.1) is 4.90 Å². The molecule has 1 aliphatic rings. The van der Waals surface area contributed by atoms with Crippen LogP contribution in [0.1, 0.15) is 37.9 Å². The zero-order valence-electron chi connectivity index (χ0n) is 13.9. The van der Waals surface area contributed by atoms with Crippen molar-refractivity contribution >= 4 is 27.4 Å². The first-order valence-electron chi connectivity index (χ1n) is 8.26. The number of amides is 1. The topological polar surface area (TPSA) is 103 Å². The lowest BCUT2D eigenvalue weighted by atomic mass is 9.88. The lowest BCUT2D eigenvalue weighted by Crippen LogP contribution is -2.24. The van der Waals surface area contributed by atoms with Crippen LogP contribution in [0.4, 0.5) is 11.5 Å². The van der Waals surface area contributed by atoms with Gasteiger partial charge in [0.25, 0.3) is 0 Å². The fourth-order valence-electron chi connectivity index (χ4n) is 2.89. The Balaban J connectivity index is 1.65. The van der Waals surface area contributed by atoms with Gasteiger partial charge in [-0.15, -0.1) is 0 Å². The summed E-state index contributed by atoms with van der Waals surface area (Å²) in [6.07, 6.45) is 5.17. The number of hydrogen-bond donors (Lipinski definition) is 1. The van der Waals surface area contributed by atoms with Crippen LogP contribution in [0.5, 0.6) is 0 Å². The number of hydrogen-bond acceptors (Lipinski definition) is 5. The minimum Gasteiger partial charge on any atom is -0.460 e. The summed E-state index contributed by atoms with van der Waals surface area (Å²) < 4.78 is 32.9. The van der Waals surface area contributed by atoms with Crippen LogP contribution < -0.4 is 5.32 Å². The van der Waals surface area contributed by atoms with Crippen LogP contribution >= 0.6 is 0 Å². The van der Waals surface area contributed by atoms with E-state index in [1.807, 2.05) is 0 Å². The Kier molecular flexibility index (Phi) is 5.08. The van der Waals surface area contributed by atoms with Crippen LogP contribution in [0.25, 0.3) is 4.72 Å². The Bertz CT molecular complexity index is 837. The molecule has 1 amide bonds. The molecule has 0 radical (unpaired) electrons. The largest absolute Gasteiger partial charge is 0.460 e. The molecule has 0 aliphatic heterocycles. The van der Waals surface area contributed by atoms with Gasteiger partial charge in [-0.25, -0.2) is 8.42 Å². The van der Waals surface area contributed by atoms with Crippen LogP contribution in [-0.4, -0.2) is 19.5 Å². The van der Waals surface area contributed by atoms with Crippen LogP contribution in [-0.2, 0) is 14.8 Å². The third-order valence-electron chi connectivity index (χ3n) is 4.22. The van der Waals surface area contributed by atoms with Crippen molar-refractivity contribution in [1.29, 1.82) is 0 Å². The number of sulfonamides is 1. The molecule has 0 spiro atoms. The quantitative estimate of drug-likeness (QED) is 0.869. The molecule has 134 valence electrons. The van der Waals surface area contributed by atoms with Crippen molar-refractivity contribution in [2.45, 2.75) is 43.9 Å². The van der Waals surface area contributed by atoms with Crippen LogP contribution in [0.15, 0.2) is 39.8 Å². The molecule has 1 fully saturated rings. The molecule has 1 heterocycles. The summed E-state index contributed by atoms with van der Waals surface area (Å²) in [6.45, 7) is 1.66. The van der Waals surface area contributed by atoms with E-state index >= 15 is 0 Å². The van der Waals surface area contributed by atoms with E-state index < -0.39 is 10.0 Å². The number of nitrogens with one attached hydrogen (secondary N) is 1. The first-order chi connectivity index (χ1) is 11.9. The maximum absolute atomic E-state index is 12.3. The second-order valence-electron chi connectivity index (χ2n) is 6.21. The highest BCUT2D eigenvalue weighted by Gasteiger charge is 2.21. The SMILES string of the molecule is Cc1cc([N-]S(=O)(=O)c2ccc(NC(=O)C3CCCCC3)cc2)no1. The van der Waals surface area contributed by atoms with Gasteiger partial charge in [0, 0.05) is 11.6 Å². The van der Waals surface area contributed by atoms with Crippen LogP contribution in [0.2, 0.25) is 0 Å². The number of aryl methyl sites for hydroxylation is 1. The molecule has 0 atom stereocenters. The van der Waals surface area contributed by atoms with Crippen molar-refractivity contribution in [2.75, 3.05) is 5.32 Å². The van der Waals surface area contributed by atoms with Crippen molar-refractivity contribution in [2.24, 2.45) is 5.92 Å². The Morgan fingerprint density at radius 1 is 1.20 bits per heavy atom. The predicted molar refractivity (Wildman–Crippen MR) is 93.1 cm³/mol. The average molecular weight is 362 g/mol. The van der Waals surface area contributed by atoms with Gasteiger partial charge in [-0.3, -0.25) is 9.95 Å². The van der Waals surface area contributed by atoms with Crippen LogP contribution in [0, 0.1) is 12.8 Å². The van der Waals surface area contributed by atoms with Crippen molar-refractivity contribution in [1.82, 2.24) is 5.16 Å². The molecule has 0 unspecified atom stereocenters. The Morgan fingerprint density at radius 2 is 1.88 bits per heavy atom. The number of rotatable bonds is 5. The first kappa shape index (κ1) is 17.5. The second kappa shape index (κ2) is 7.26. The van der Waals surface area contributed by atoms with Crippen molar-refractivity contribution in [3.05, 3.63) is 40.8 Å². The maximum Gasteiger partial charge on any atom is 0.227 e. The van der Waals surface area contributed by atoms with E-state index in [0.29, 0.717) is 11.4 Å². The number of benzene rings is 1. The molecule has 1 N–H and O–H groups in total. The summed E-state index contributed by atoms with van der Waals surface area (Å²) >= 11 is 0. The molecule has 1 aromatic carbocycles. The van der Waals surface area contributed by atoms with E-state index in [-0.39, 0.29) is 22.5 Å². The van der Waals surface area contributed by atoms with Gasteiger partial charge in [0.2, 0.25) is 15.9 Å². The van der Waals surface area contributed by atoms with Gasteiger partial charge in [-0.2, -0.15) is 0 Å². The maximum atomic E-state index is 12.3. The molecule has 1 aromatic heterocycles. The summed E-state index contributed by atoms with van der Waals surface area (Å²) in [4.78, 5) is 12.3. The van der Waals surface area contributed by atoms with Gasteiger partial charge in [0.15, 0.2) is 0 Å². The smallest absolute Gasteiger partial charge is 0.227 e.